The number of aromatic nitrogens is 2. The van der Waals surface area contributed by atoms with Crippen molar-refractivity contribution in [3.63, 3.8) is 0 Å². The third-order valence-corrected chi connectivity index (χ3v) is 2.74. The molecule has 0 aliphatic heterocycles. The fraction of sp³-hybridized carbons (Fsp3) is 0.333. The van der Waals surface area contributed by atoms with Gasteiger partial charge in [-0.3, -0.25) is 0 Å². The van der Waals surface area contributed by atoms with Crippen LogP contribution in [-0.2, 0) is 6.42 Å². The highest BCUT2D eigenvalue weighted by Crippen LogP contribution is 2.13. The SMILES string of the molecule is CCCNc1cc(C)nc(Cc2cc(F)cc(F)c2)n1. The van der Waals surface area contributed by atoms with Crippen LogP contribution in [0.3, 0.4) is 0 Å². The summed E-state index contributed by atoms with van der Waals surface area (Å²) in [5.41, 5.74) is 1.35. The Morgan fingerprint density at radius 2 is 1.75 bits per heavy atom. The quantitative estimate of drug-likeness (QED) is 0.909. The summed E-state index contributed by atoms with van der Waals surface area (Å²) in [6, 6.07) is 5.31. The third kappa shape index (κ3) is 3.98. The van der Waals surface area contributed by atoms with E-state index < -0.39 is 11.6 Å². The van der Waals surface area contributed by atoms with Crippen molar-refractivity contribution in [1.82, 2.24) is 9.97 Å². The summed E-state index contributed by atoms with van der Waals surface area (Å²) >= 11 is 0. The molecule has 1 aromatic heterocycles. The molecular formula is C15H17F2N3. The zero-order valence-corrected chi connectivity index (χ0v) is 11.6. The van der Waals surface area contributed by atoms with Crippen LogP contribution in [0, 0.1) is 18.6 Å². The van der Waals surface area contributed by atoms with Crippen LogP contribution in [0.1, 0.15) is 30.4 Å². The molecule has 0 atom stereocenters. The van der Waals surface area contributed by atoms with Crippen molar-refractivity contribution in [2.24, 2.45) is 0 Å². The molecule has 1 heterocycles. The molecule has 1 N–H and O–H groups in total. The molecule has 20 heavy (non-hydrogen) atoms. The average molecular weight is 277 g/mol. The predicted molar refractivity (Wildman–Crippen MR) is 74.7 cm³/mol. The van der Waals surface area contributed by atoms with E-state index in [1.165, 1.54) is 12.1 Å². The highest BCUT2D eigenvalue weighted by molar-refractivity contribution is 5.36. The van der Waals surface area contributed by atoms with Gasteiger partial charge in [0.15, 0.2) is 0 Å². The second-order valence-corrected chi connectivity index (χ2v) is 4.69. The summed E-state index contributed by atoms with van der Waals surface area (Å²) in [5, 5.41) is 3.18. The molecule has 0 amide bonds. The molecule has 0 unspecified atom stereocenters. The van der Waals surface area contributed by atoms with E-state index in [2.05, 4.69) is 22.2 Å². The zero-order valence-electron chi connectivity index (χ0n) is 11.6. The van der Waals surface area contributed by atoms with Crippen molar-refractivity contribution in [3.8, 4) is 0 Å². The predicted octanol–water partition coefficient (Wildman–Crippen LogP) is 3.48. The summed E-state index contributed by atoms with van der Waals surface area (Å²) in [5.74, 6) is 0.119. The number of benzene rings is 1. The highest BCUT2D eigenvalue weighted by Gasteiger charge is 2.06. The lowest BCUT2D eigenvalue weighted by molar-refractivity contribution is 0.580. The number of hydrogen-bond donors (Lipinski definition) is 1. The second-order valence-electron chi connectivity index (χ2n) is 4.69. The van der Waals surface area contributed by atoms with Gasteiger partial charge in [-0.2, -0.15) is 0 Å². The van der Waals surface area contributed by atoms with Gasteiger partial charge in [-0.15, -0.1) is 0 Å². The molecule has 3 nitrogen and oxygen atoms in total. The Kier molecular flexibility index (Phi) is 4.61. The Bertz CT molecular complexity index is 579. The number of rotatable bonds is 5. The van der Waals surface area contributed by atoms with Crippen LogP contribution in [0.25, 0.3) is 0 Å². The largest absolute Gasteiger partial charge is 0.370 e. The van der Waals surface area contributed by atoms with Gasteiger partial charge in [-0.05, 0) is 31.0 Å². The summed E-state index contributed by atoms with van der Waals surface area (Å²) < 4.78 is 26.3. The molecule has 0 saturated heterocycles. The maximum absolute atomic E-state index is 13.2. The van der Waals surface area contributed by atoms with Crippen molar-refractivity contribution in [2.75, 3.05) is 11.9 Å². The number of aryl methyl sites for hydroxylation is 1. The number of nitrogens with one attached hydrogen (secondary N) is 1. The summed E-state index contributed by atoms with van der Waals surface area (Å²) in [7, 11) is 0. The van der Waals surface area contributed by atoms with E-state index in [0.29, 0.717) is 17.8 Å². The lowest BCUT2D eigenvalue weighted by Gasteiger charge is -2.08. The third-order valence-electron chi connectivity index (χ3n) is 2.74. The maximum Gasteiger partial charge on any atom is 0.135 e. The van der Waals surface area contributed by atoms with Crippen molar-refractivity contribution < 1.29 is 8.78 Å². The fourth-order valence-corrected chi connectivity index (χ4v) is 1.95. The Labute approximate surface area is 117 Å². The summed E-state index contributed by atoms with van der Waals surface area (Å²) in [6.45, 7) is 4.76. The topological polar surface area (TPSA) is 37.8 Å². The molecule has 106 valence electrons. The minimum absolute atomic E-state index is 0.303. The molecule has 0 aliphatic carbocycles. The van der Waals surface area contributed by atoms with Crippen LogP contribution in [0.15, 0.2) is 24.3 Å². The smallest absolute Gasteiger partial charge is 0.135 e. The Balaban J connectivity index is 2.21. The standard InChI is InChI=1S/C15H17F2N3/c1-3-4-18-14-5-10(2)19-15(20-14)8-11-6-12(16)9-13(17)7-11/h5-7,9H,3-4,8H2,1-2H3,(H,18,19,20). The first-order chi connectivity index (χ1) is 9.56. The fourth-order valence-electron chi connectivity index (χ4n) is 1.95. The minimum Gasteiger partial charge on any atom is -0.370 e. The van der Waals surface area contributed by atoms with Crippen LogP contribution in [0.4, 0.5) is 14.6 Å². The van der Waals surface area contributed by atoms with Gasteiger partial charge in [-0.1, -0.05) is 6.92 Å². The zero-order chi connectivity index (χ0) is 14.5. The molecule has 0 spiro atoms. The van der Waals surface area contributed by atoms with Gasteiger partial charge < -0.3 is 5.32 Å². The summed E-state index contributed by atoms with van der Waals surface area (Å²) in [4.78, 5) is 8.66. The van der Waals surface area contributed by atoms with Gasteiger partial charge in [0, 0.05) is 30.8 Å². The molecule has 0 radical (unpaired) electrons. The minimum atomic E-state index is -0.586. The van der Waals surface area contributed by atoms with Gasteiger partial charge in [0.25, 0.3) is 0 Å². The van der Waals surface area contributed by atoms with Crippen molar-refractivity contribution in [3.05, 3.63) is 53.0 Å². The molecule has 0 aliphatic rings. The van der Waals surface area contributed by atoms with Crippen molar-refractivity contribution in [1.29, 1.82) is 0 Å². The Morgan fingerprint density at radius 3 is 2.40 bits per heavy atom. The Morgan fingerprint density at radius 1 is 1.05 bits per heavy atom. The van der Waals surface area contributed by atoms with Crippen LogP contribution in [0.2, 0.25) is 0 Å². The molecule has 2 rings (SSSR count). The monoisotopic (exact) mass is 277 g/mol. The number of nitrogens with zero attached hydrogens (tertiary/aromatic N) is 2. The molecule has 2 aromatic rings. The molecule has 0 saturated carbocycles. The average Bonchev–Trinajstić information content (AvgIpc) is 2.34. The van der Waals surface area contributed by atoms with Gasteiger partial charge >= 0.3 is 0 Å². The van der Waals surface area contributed by atoms with E-state index >= 15 is 0 Å². The van der Waals surface area contributed by atoms with Crippen molar-refractivity contribution >= 4 is 5.82 Å². The van der Waals surface area contributed by atoms with Crippen LogP contribution < -0.4 is 5.32 Å². The van der Waals surface area contributed by atoms with Gasteiger partial charge in [0.2, 0.25) is 0 Å². The number of halogens is 2. The van der Waals surface area contributed by atoms with Crippen LogP contribution in [-0.4, -0.2) is 16.5 Å². The molecule has 0 bridgehead atoms. The lowest BCUT2D eigenvalue weighted by Crippen LogP contribution is -2.06. The van der Waals surface area contributed by atoms with E-state index in [1.807, 2.05) is 13.0 Å². The van der Waals surface area contributed by atoms with E-state index in [9.17, 15) is 8.78 Å². The summed E-state index contributed by atoms with van der Waals surface area (Å²) in [6.07, 6.45) is 1.30. The van der Waals surface area contributed by atoms with E-state index in [-0.39, 0.29) is 0 Å². The lowest BCUT2D eigenvalue weighted by atomic mass is 10.1. The Hall–Kier alpha value is -2.04. The van der Waals surface area contributed by atoms with Gasteiger partial charge in [-0.25, -0.2) is 18.7 Å². The van der Waals surface area contributed by atoms with Crippen molar-refractivity contribution in [2.45, 2.75) is 26.7 Å². The molecule has 0 fully saturated rings. The first-order valence-corrected chi connectivity index (χ1v) is 6.60. The molecule has 5 heteroatoms. The number of anilines is 1. The van der Waals surface area contributed by atoms with Crippen LogP contribution >= 0.6 is 0 Å². The van der Waals surface area contributed by atoms with E-state index in [4.69, 9.17) is 0 Å². The van der Waals surface area contributed by atoms with Crippen LogP contribution in [0.5, 0.6) is 0 Å². The molecule has 1 aromatic carbocycles. The maximum atomic E-state index is 13.2. The molecular weight excluding hydrogens is 260 g/mol. The second kappa shape index (κ2) is 6.41. The highest BCUT2D eigenvalue weighted by atomic mass is 19.1. The van der Waals surface area contributed by atoms with E-state index in [1.54, 1.807) is 0 Å². The van der Waals surface area contributed by atoms with E-state index in [0.717, 1.165) is 30.5 Å². The van der Waals surface area contributed by atoms with Gasteiger partial charge in [0.1, 0.15) is 23.3 Å². The first kappa shape index (κ1) is 14.4. The normalized spacial score (nSPS) is 10.6. The van der Waals surface area contributed by atoms with Gasteiger partial charge in [0.05, 0.1) is 0 Å². The first-order valence-electron chi connectivity index (χ1n) is 6.60. The number of hydrogen-bond acceptors (Lipinski definition) is 3.